The highest BCUT2D eigenvalue weighted by Gasteiger charge is 2.56. The van der Waals surface area contributed by atoms with E-state index in [9.17, 15) is 19.0 Å². The summed E-state index contributed by atoms with van der Waals surface area (Å²) in [6, 6.07) is 10.1. The van der Waals surface area contributed by atoms with Gasteiger partial charge >= 0.3 is 20.1 Å². The number of rotatable bonds is 15. The summed E-state index contributed by atoms with van der Waals surface area (Å²) in [6.07, 6.45) is 0. The van der Waals surface area contributed by atoms with Crippen LogP contribution in [0.25, 0.3) is 10.2 Å². The summed E-state index contributed by atoms with van der Waals surface area (Å²) in [4.78, 5) is 12.7. The topological polar surface area (TPSA) is 135 Å². The number of ether oxygens (including phenoxy) is 1. The molecule has 3 rings (SSSR count). The second-order valence-electron chi connectivity index (χ2n) is 7.90. The van der Waals surface area contributed by atoms with Crippen LogP contribution in [0, 0.1) is 0 Å². The highest BCUT2D eigenvalue weighted by Crippen LogP contribution is 2.73. The van der Waals surface area contributed by atoms with Crippen LogP contribution in [-0.4, -0.2) is 48.7 Å². The van der Waals surface area contributed by atoms with Gasteiger partial charge in [-0.15, -0.1) is 0 Å². The Morgan fingerprint density at radius 3 is 2.03 bits per heavy atom. The smallest absolute Gasteiger partial charge is 0.348 e. The number of nitrogens with zero attached hydrogens (tertiary/aromatic N) is 1. The van der Waals surface area contributed by atoms with Crippen molar-refractivity contribution >= 4 is 36.7 Å². The van der Waals surface area contributed by atoms with Crippen LogP contribution in [0.15, 0.2) is 47.3 Å². The molecule has 0 aliphatic carbocycles. The van der Waals surface area contributed by atoms with Crippen LogP contribution in [0.4, 0.5) is 0 Å². The number of thiazole rings is 1. The molecule has 2 aromatic carbocycles. The van der Waals surface area contributed by atoms with Crippen LogP contribution in [0.1, 0.15) is 39.3 Å². The van der Waals surface area contributed by atoms with Crippen LogP contribution in [0.3, 0.4) is 0 Å². The molecule has 11 nitrogen and oxygen atoms in total. The molecule has 0 radical (unpaired) electrons. The zero-order chi connectivity index (χ0) is 27.9. The van der Waals surface area contributed by atoms with Crippen LogP contribution in [0.5, 0.6) is 11.5 Å². The van der Waals surface area contributed by atoms with E-state index in [4.69, 9.17) is 22.8 Å². The molecular formula is C24H34N2O9P2S. The summed E-state index contributed by atoms with van der Waals surface area (Å²) >= 11 is 0.946. The maximum Gasteiger partial charge on any atom is 0.348 e. The number of hydrogen-bond acceptors (Lipinski definition) is 11. The summed E-state index contributed by atoms with van der Waals surface area (Å²) in [5, 5.41) is 8.58. The van der Waals surface area contributed by atoms with Crippen molar-refractivity contribution in [1.82, 2.24) is 4.68 Å². The van der Waals surface area contributed by atoms with Gasteiger partial charge in [-0.1, -0.05) is 23.5 Å². The highest BCUT2D eigenvalue weighted by atomic mass is 32.1. The van der Waals surface area contributed by atoms with Gasteiger partial charge in [0.15, 0.2) is 5.40 Å². The Hall–Kier alpha value is -2.17. The molecule has 0 amide bonds. The van der Waals surface area contributed by atoms with Crippen molar-refractivity contribution in [2.24, 2.45) is 0 Å². The first-order valence-electron chi connectivity index (χ1n) is 12.2. The van der Waals surface area contributed by atoms with E-state index in [2.05, 4.69) is 5.43 Å². The normalized spacial score (nSPS) is 13.2. The van der Waals surface area contributed by atoms with Gasteiger partial charge in [-0.2, -0.15) is 0 Å². The molecule has 38 heavy (non-hydrogen) atoms. The summed E-state index contributed by atoms with van der Waals surface area (Å²) in [7, 11) is -6.98. The monoisotopic (exact) mass is 588 g/mol. The zero-order valence-corrected chi connectivity index (χ0v) is 24.6. The molecule has 0 bridgehead atoms. The molecule has 1 unspecified atom stereocenters. The van der Waals surface area contributed by atoms with Gasteiger partial charge < -0.3 is 33.4 Å². The van der Waals surface area contributed by atoms with Crippen molar-refractivity contribution in [3.63, 3.8) is 0 Å². The second-order valence-corrected chi connectivity index (χ2v) is 13.6. The molecule has 0 saturated carbocycles. The van der Waals surface area contributed by atoms with Gasteiger partial charge in [-0.25, -0.2) is 4.68 Å². The van der Waals surface area contributed by atoms with Gasteiger partial charge in [0.1, 0.15) is 11.5 Å². The van der Waals surface area contributed by atoms with Gasteiger partial charge in [0, 0.05) is 6.07 Å². The number of methoxy groups -OCH3 is 1. The Morgan fingerprint density at radius 2 is 1.50 bits per heavy atom. The average Bonchev–Trinajstić information content (AvgIpc) is 3.18. The SMILES string of the molecule is CCOP(=O)(OCC)C(C(Nn1c(=O)sc2ccc(O)cc21)c1cccc(OC)c1)P(=O)(OCC)OCC. The minimum Gasteiger partial charge on any atom is -0.508 e. The maximum absolute atomic E-state index is 14.4. The van der Waals surface area contributed by atoms with E-state index in [0.29, 0.717) is 21.5 Å². The Bertz CT molecular complexity index is 1330. The Labute approximate surface area is 225 Å². The lowest BCUT2D eigenvalue weighted by molar-refractivity contribution is 0.191. The number of phenols is 1. The average molecular weight is 589 g/mol. The molecule has 1 aromatic heterocycles. The summed E-state index contributed by atoms with van der Waals surface area (Å²) in [5.41, 5.74) is 3.92. The fraction of sp³-hybridized carbons (Fsp3) is 0.458. The highest BCUT2D eigenvalue weighted by molar-refractivity contribution is 7.72. The van der Waals surface area contributed by atoms with E-state index in [1.807, 2.05) is 0 Å². The van der Waals surface area contributed by atoms with Crippen molar-refractivity contribution in [1.29, 1.82) is 0 Å². The summed E-state index contributed by atoms with van der Waals surface area (Å²) in [6.45, 7) is 6.53. The molecule has 0 spiro atoms. The number of aromatic nitrogens is 1. The second kappa shape index (κ2) is 13.3. The van der Waals surface area contributed by atoms with E-state index >= 15 is 0 Å². The molecule has 0 fully saturated rings. The molecule has 1 atom stereocenters. The van der Waals surface area contributed by atoms with Crippen molar-refractivity contribution in [3.8, 4) is 11.5 Å². The molecule has 0 saturated heterocycles. The number of fused-ring (bicyclic) bond motifs is 1. The van der Waals surface area contributed by atoms with E-state index in [-0.39, 0.29) is 32.2 Å². The molecule has 3 aromatic rings. The fourth-order valence-corrected chi connectivity index (χ4v) is 10.5. The van der Waals surface area contributed by atoms with Crippen molar-refractivity contribution in [2.45, 2.75) is 39.1 Å². The van der Waals surface area contributed by atoms with Crippen molar-refractivity contribution in [2.75, 3.05) is 39.0 Å². The zero-order valence-electron chi connectivity index (χ0n) is 22.0. The first-order chi connectivity index (χ1) is 18.2. The van der Waals surface area contributed by atoms with Gasteiger partial charge in [-0.05, 0) is 57.5 Å². The number of nitrogens with one attached hydrogen (secondary N) is 1. The third-order valence-corrected chi connectivity index (χ3v) is 12.5. The first-order valence-corrected chi connectivity index (χ1v) is 16.2. The van der Waals surface area contributed by atoms with Gasteiger partial charge in [0.2, 0.25) is 0 Å². The van der Waals surface area contributed by atoms with Crippen LogP contribution >= 0.6 is 26.5 Å². The van der Waals surface area contributed by atoms with Gasteiger partial charge in [0.05, 0.1) is 49.8 Å². The molecule has 0 aliphatic rings. The predicted octanol–water partition coefficient (Wildman–Crippen LogP) is 5.92. The van der Waals surface area contributed by atoms with Crippen molar-refractivity contribution < 1.29 is 37.1 Å². The number of phenolic OH excluding ortho intramolecular Hbond substituents is 1. The van der Waals surface area contributed by atoms with E-state index in [1.54, 1.807) is 58.0 Å². The number of hydrogen-bond donors (Lipinski definition) is 2. The summed E-state index contributed by atoms with van der Waals surface area (Å²) in [5.74, 6) is 0.419. The molecular weight excluding hydrogens is 554 g/mol. The Morgan fingerprint density at radius 1 is 0.921 bits per heavy atom. The van der Waals surface area contributed by atoms with Crippen LogP contribution in [-0.2, 0) is 27.2 Å². The van der Waals surface area contributed by atoms with Crippen molar-refractivity contribution in [3.05, 3.63) is 57.7 Å². The first kappa shape index (κ1) is 30.4. The molecule has 14 heteroatoms. The van der Waals surface area contributed by atoms with Gasteiger partial charge in [-0.3, -0.25) is 13.9 Å². The summed E-state index contributed by atoms with van der Waals surface area (Å²) < 4.78 is 58.8. The van der Waals surface area contributed by atoms with Gasteiger partial charge in [0.25, 0.3) is 0 Å². The number of benzene rings is 2. The van der Waals surface area contributed by atoms with E-state index in [1.165, 1.54) is 23.9 Å². The largest absolute Gasteiger partial charge is 0.508 e. The molecule has 1 heterocycles. The molecule has 2 N–H and O–H groups in total. The Kier molecular flexibility index (Phi) is 10.6. The van der Waals surface area contributed by atoms with Crippen LogP contribution in [0.2, 0.25) is 0 Å². The minimum atomic E-state index is -4.24. The predicted molar refractivity (Wildman–Crippen MR) is 148 cm³/mol. The molecule has 210 valence electrons. The van der Waals surface area contributed by atoms with E-state index < -0.39 is 31.5 Å². The molecule has 0 aliphatic heterocycles. The lowest BCUT2D eigenvalue weighted by atomic mass is 10.1. The number of aromatic hydroxyl groups is 1. The lowest BCUT2D eigenvalue weighted by Crippen LogP contribution is -2.36. The quantitative estimate of drug-likeness (QED) is 0.206. The minimum absolute atomic E-state index is 0.00788. The Balaban J connectivity index is 2.36. The van der Waals surface area contributed by atoms with E-state index in [0.717, 1.165) is 11.3 Å². The third-order valence-electron chi connectivity index (χ3n) is 5.47. The third kappa shape index (κ3) is 6.51. The fourth-order valence-electron chi connectivity index (χ4n) is 4.05. The van der Waals surface area contributed by atoms with Crippen LogP contribution < -0.4 is 15.0 Å². The lowest BCUT2D eigenvalue weighted by Gasteiger charge is -2.37. The maximum atomic E-state index is 14.4. The standard InChI is InChI=1S/C24H34N2O9P2S/c1-6-32-36(29,33-7-2)23(37(30,34-8-3)35-9-4)22(17-11-10-12-19(15-17)31-5)25-26-20-16-18(27)13-14-21(20)38-24(26)28/h10-16,22-23,25,27H,6-9H2,1-5H3.